The van der Waals surface area contributed by atoms with Crippen molar-refractivity contribution in [2.75, 3.05) is 0 Å². The van der Waals surface area contributed by atoms with Crippen molar-refractivity contribution in [1.29, 1.82) is 0 Å². The first kappa shape index (κ1) is 32.1. The summed E-state index contributed by atoms with van der Waals surface area (Å²) in [6.07, 6.45) is 0. The lowest BCUT2D eigenvalue weighted by molar-refractivity contribution is -0.385. The molecule has 0 saturated heterocycles. The van der Waals surface area contributed by atoms with Crippen LogP contribution in [0, 0.1) is 20.2 Å². The molecule has 0 bridgehead atoms. The topological polar surface area (TPSA) is 161 Å². The number of fused-ring (bicyclic) bond motifs is 3. The number of carbonyl (C=O) groups excluding carboxylic acids is 1. The van der Waals surface area contributed by atoms with Gasteiger partial charge in [-0.3, -0.25) is 25.0 Å². The molecule has 9 rings (SSSR count). The number of nitrogens with zero attached hydrogens (tertiary/aromatic N) is 4. The van der Waals surface area contributed by atoms with Gasteiger partial charge in [0.05, 0.1) is 32.6 Å². The van der Waals surface area contributed by atoms with Gasteiger partial charge in [0.15, 0.2) is 5.78 Å². The molecule has 0 aliphatic heterocycles. The maximum absolute atomic E-state index is 13.8. The fourth-order valence-corrected chi connectivity index (χ4v) is 6.97. The first-order chi connectivity index (χ1) is 26.3. The van der Waals surface area contributed by atoms with Crippen molar-refractivity contribution in [2.24, 2.45) is 0 Å². The lowest BCUT2D eigenvalue weighted by Crippen LogP contribution is -1.95. The zero-order chi connectivity index (χ0) is 36.9. The van der Waals surface area contributed by atoms with Crippen LogP contribution in [0.1, 0.15) is 15.9 Å². The number of non-ortho nitro benzene ring substituents is 2. The van der Waals surface area contributed by atoms with Gasteiger partial charge < -0.3 is 9.97 Å². The van der Waals surface area contributed by atoms with E-state index in [0.717, 1.165) is 39.1 Å². The Labute approximate surface area is 307 Å². The van der Waals surface area contributed by atoms with Crippen molar-refractivity contribution >= 4 is 17.2 Å². The molecule has 258 valence electrons. The summed E-state index contributed by atoms with van der Waals surface area (Å²) in [4.78, 5) is 52.7. The van der Waals surface area contributed by atoms with Gasteiger partial charge in [-0.05, 0) is 35.4 Å². The largest absolute Gasteiger partial charge is 0.337 e. The smallest absolute Gasteiger partial charge is 0.270 e. The van der Waals surface area contributed by atoms with Gasteiger partial charge in [-0.25, -0.2) is 9.97 Å². The highest BCUT2D eigenvalue weighted by atomic mass is 16.6. The Morgan fingerprint density at radius 1 is 0.426 bits per heavy atom. The molecule has 0 atom stereocenters. The maximum Gasteiger partial charge on any atom is 0.270 e. The number of nitro benzene ring substituents is 2. The second-order valence-electron chi connectivity index (χ2n) is 12.8. The molecule has 1 aliphatic rings. The van der Waals surface area contributed by atoms with Crippen LogP contribution in [0.4, 0.5) is 11.4 Å². The second kappa shape index (κ2) is 12.8. The summed E-state index contributed by atoms with van der Waals surface area (Å²) >= 11 is 0. The van der Waals surface area contributed by atoms with Gasteiger partial charge in [0.25, 0.3) is 11.4 Å². The monoisotopic (exact) mass is 706 g/mol. The summed E-state index contributed by atoms with van der Waals surface area (Å²) in [5.41, 5.74) is 9.65. The molecule has 2 aromatic heterocycles. The van der Waals surface area contributed by atoms with Crippen LogP contribution in [0.15, 0.2) is 146 Å². The number of ketones is 1. The van der Waals surface area contributed by atoms with Crippen LogP contribution in [0.5, 0.6) is 0 Å². The lowest BCUT2D eigenvalue weighted by Gasteiger charge is -2.08. The summed E-state index contributed by atoms with van der Waals surface area (Å²) < 4.78 is 0. The predicted octanol–water partition coefficient (Wildman–Crippen LogP) is 10.2. The van der Waals surface area contributed by atoms with E-state index in [9.17, 15) is 25.0 Å². The van der Waals surface area contributed by atoms with Crippen molar-refractivity contribution in [1.82, 2.24) is 19.9 Å². The number of rotatable bonds is 8. The summed E-state index contributed by atoms with van der Waals surface area (Å²) in [7, 11) is 0. The average Bonchev–Trinajstić information content (AvgIpc) is 3.94. The van der Waals surface area contributed by atoms with E-state index in [1.54, 1.807) is 24.3 Å². The minimum absolute atomic E-state index is 0.0416. The summed E-state index contributed by atoms with van der Waals surface area (Å²) in [6, 6.07) is 43.3. The van der Waals surface area contributed by atoms with Crippen molar-refractivity contribution in [3.05, 3.63) is 177 Å². The van der Waals surface area contributed by atoms with Crippen LogP contribution in [0.3, 0.4) is 0 Å². The molecular formula is C43H26N6O5. The lowest BCUT2D eigenvalue weighted by atomic mass is 9.97. The number of nitrogens with one attached hydrogen (secondary N) is 2. The molecule has 54 heavy (non-hydrogen) atoms. The van der Waals surface area contributed by atoms with Gasteiger partial charge in [0.1, 0.15) is 11.6 Å². The number of hydrogen-bond donors (Lipinski definition) is 2. The number of carbonyl (C=O) groups is 1. The third-order valence-electron chi connectivity index (χ3n) is 9.56. The third-order valence-corrected chi connectivity index (χ3v) is 9.56. The zero-order valence-corrected chi connectivity index (χ0v) is 28.2. The number of nitro groups is 2. The Hall–Kier alpha value is -7.79. The number of benzene rings is 6. The average molecular weight is 707 g/mol. The van der Waals surface area contributed by atoms with E-state index in [-0.39, 0.29) is 17.2 Å². The number of imidazole rings is 2. The van der Waals surface area contributed by atoms with E-state index in [1.165, 1.54) is 24.3 Å². The number of H-pyrrole nitrogens is 2. The number of hydrogen-bond acceptors (Lipinski definition) is 7. The summed E-state index contributed by atoms with van der Waals surface area (Å²) in [5.74, 6) is 0.850. The Kier molecular flexibility index (Phi) is 7.60. The molecular weight excluding hydrogens is 681 g/mol. The standard InChI is InChI=1S/C43H26N6O5/c50-41-33-19-17-27(39-37(25-9-3-1-4-10-25)44-42(46-39)29-13-7-15-31(21-29)48(51)52)23-35(33)36-24-28(18-20-34(36)41)40-38(26-11-5-2-6-12-26)45-43(47-40)30-14-8-16-32(22-30)49(53)54/h1-24H,(H,44,46)(H,45,47). The van der Waals surface area contributed by atoms with E-state index in [4.69, 9.17) is 9.97 Å². The van der Waals surface area contributed by atoms with Gasteiger partial charge in [-0.2, -0.15) is 0 Å². The molecule has 1 aliphatic carbocycles. The molecule has 11 nitrogen and oxygen atoms in total. The van der Waals surface area contributed by atoms with Crippen LogP contribution in [-0.4, -0.2) is 35.6 Å². The Morgan fingerprint density at radius 3 is 1.41 bits per heavy atom. The highest BCUT2D eigenvalue weighted by Gasteiger charge is 2.29. The van der Waals surface area contributed by atoms with Crippen LogP contribution < -0.4 is 0 Å². The van der Waals surface area contributed by atoms with E-state index in [2.05, 4.69) is 9.97 Å². The van der Waals surface area contributed by atoms with Crippen LogP contribution in [0.25, 0.3) is 78.9 Å². The molecule has 0 radical (unpaired) electrons. The summed E-state index contributed by atoms with van der Waals surface area (Å²) in [5, 5.41) is 23.1. The van der Waals surface area contributed by atoms with Crippen molar-refractivity contribution in [3.63, 3.8) is 0 Å². The molecule has 0 saturated carbocycles. The number of aromatic amines is 2. The van der Waals surface area contributed by atoms with Gasteiger partial charge in [-0.1, -0.05) is 97.1 Å². The van der Waals surface area contributed by atoms with Crippen molar-refractivity contribution in [3.8, 4) is 78.9 Å². The van der Waals surface area contributed by atoms with Gasteiger partial charge in [-0.15, -0.1) is 0 Å². The highest BCUT2D eigenvalue weighted by molar-refractivity contribution is 6.22. The van der Waals surface area contributed by atoms with Gasteiger partial charge >= 0.3 is 0 Å². The van der Waals surface area contributed by atoms with Crippen LogP contribution in [-0.2, 0) is 0 Å². The quantitative estimate of drug-likeness (QED) is 0.117. The van der Waals surface area contributed by atoms with E-state index < -0.39 is 9.85 Å². The molecule has 11 heteroatoms. The molecule has 0 spiro atoms. The van der Waals surface area contributed by atoms with Crippen molar-refractivity contribution in [2.45, 2.75) is 0 Å². The van der Waals surface area contributed by atoms with Crippen LogP contribution >= 0.6 is 0 Å². The SMILES string of the molecule is O=C1c2ccc(-c3nc(-c4cccc([N+](=O)[O-])c4)[nH]c3-c3ccccc3)cc2-c2cc(-c3[nH]c(-c4cccc([N+](=O)[O-])c4)nc3-c3ccccc3)ccc21. The molecule has 0 fully saturated rings. The van der Waals surface area contributed by atoms with E-state index in [0.29, 0.717) is 51.0 Å². The molecule has 6 aromatic carbocycles. The Balaban J connectivity index is 1.18. The summed E-state index contributed by atoms with van der Waals surface area (Å²) in [6.45, 7) is 0. The normalized spacial score (nSPS) is 11.7. The molecule has 0 amide bonds. The van der Waals surface area contributed by atoms with E-state index >= 15 is 0 Å². The molecule has 8 aromatic rings. The van der Waals surface area contributed by atoms with E-state index in [1.807, 2.05) is 97.1 Å². The van der Waals surface area contributed by atoms with Gasteiger partial charge in [0, 0.05) is 68.8 Å². The molecule has 0 unspecified atom stereocenters. The molecule has 2 N–H and O–H groups in total. The minimum atomic E-state index is -0.435. The number of aromatic nitrogens is 4. The maximum atomic E-state index is 13.8. The predicted molar refractivity (Wildman–Crippen MR) is 206 cm³/mol. The van der Waals surface area contributed by atoms with Crippen LogP contribution in [0.2, 0.25) is 0 Å². The Bertz CT molecular complexity index is 2620. The third kappa shape index (κ3) is 5.53. The second-order valence-corrected chi connectivity index (χ2v) is 12.8. The first-order valence-corrected chi connectivity index (χ1v) is 17.0. The fraction of sp³-hybridized carbons (Fsp3) is 0. The zero-order valence-electron chi connectivity index (χ0n) is 28.2. The minimum Gasteiger partial charge on any atom is -0.337 e. The Morgan fingerprint density at radius 2 is 0.870 bits per heavy atom. The molecule has 2 heterocycles. The van der Waals surface area contributed by atoms with Gasteiger partial charge in [0.2, 0.25) is 0 Å². The van der Waals surface area contributed by atoms with Crippen molar-refractivity contribution < 1.29 is 14.6 Å². The highest BCUT2D eigenvalue weighted by Crippen LogP contribution is 2.44. The fourth-order valence-electron chi connectivity index (χ4n) is 6.97. The first-order valence-electron chi connectivity index (χ1n) is 17.0.